The Morgan fingerprint density at radius 1 is 1.30 bits per heavy atom. The number of carbonyl (C=O) groups is 1. The smallest absolute Gasteiger partial charge is 0.234 e. The van der Waals surface area contributed by atoms with Gasteiger partial charge in [-0.05, 0) is 39.5 Å². The minimum atomic E-state index is -0.573. The van der Waals surface area contributed by atoms with Crippen LogP contribution in [0.15, 0.2) is 0 Å². The van der Waals surface area contributed by atoms with Crippen LogP contribution in [0, 0.1) is 5.92 Å². The Morgan fingerprint density at radius 3 is 2.50 bits per heavy atom. The van der Waals surface area contributed by atoms with Gasteiger partial charge in [-0.25, -0.2) is 0 Å². The maximum atomic E-state index is 11.5. The van der Waals surface area contributed by atoms with Crippen molar-refractivity contribution in [1.82, 2.24) is 10.6 Å². The van der Waals surface area contributed by atoms with Crippen LogP contribution in [0.5, 0.6) is 0 Å². The topological polar surface area (TPSA) is 70.6 Å². The minimum Gasteiger partial charge on any atom is -0.389 e. The molecule has 0 aromatic carbocycles. The molecule has 0 heterocycles. The van der Waals surface area contributed by atoms with Crippen molar-refractivity contribution in [2.45, 2.75) is 59.1 Å². The lowest BCUT2D eigenvalue weighted by Gasteiger charge is -2.21. The van der Waals surface area contributed by atoms with E-state index in [1.807, 2.05) is 20.8 Å². The summed E-state index contributed by atoms with van der Waals surface area (Å²) in [7, 11) is 0. The largest absolute Gasteiger partial charge is 0.389 e. The van der Waals surface area contributed by atoms with Gasteiger partial charge in [-0.15, -0.1) is 0 Å². The van der Waals surface area contributed by atoms with Crippen LogP contribution in [0.2, 0.25) is 0 Å². The monoisotopic (exact) mass is 288 g/mol. The first kappa shape index (κ1) is 19.4. The number of rotatable bonds is 10. The summed E-state index contributed by atoms with van der Waals surface area (Å²) in [6.45, 7) is 11.7. The van der Waals surface area contributed by atoms with Crippen molar-refractivity contribution >= 4 is 5.91 Å². The molecule has 0 aliphatic carbocycles. The highest BCUT2D eigenvalue weighted by molar-refractivity contribution is 5.78. The zero-order valence-corrected chi connectivity index (χ0v) is 13.7. The Labute approximate surface area is 123 Å². The first-order valence-electron chi connectivity index (χ1n) is 7.48. The molecule has 0 fully saturated rings. The number of nitrogens with one attached hydrogen (secondary N) is 2. The van der Waals surface area contributed by atoms with E-state index in [9.17, 15) is 9.90 Å². The van der Waals surface area contributed by atoms with Crippen LogP contribution in [-0.2, 0) is 9.53 Å². The standard InChI is InChI=1S/C15H32N2O3/c1-12(2)7-6-8-20-11-13(18)9-16-10-14(19)17-15(3,4)5/h12-13,16,18H,6-11H2,1-5H3,(H,17,19). The van der Waals surface area contributed by atoms with Gasteiger partial charge in [0.05, 0.1) is 19.3 Å². The van der Waals surface area contributed by atoms with Crippen LogP contribution < -0.4 is 10.6 Å². The molecule has 0 aliphatic rings. The highest BCUT2D eigenvalue weighted by Crippen LogP contribution is 2.03. The molecule has 5 nitrogen and oxygen atoms in total. The van der Waals surface area contributed by atoms with Crippen LogP contribution >= 0.6 is 0 Å². The van der Waals surface area contributed by atoms with E-state index in [0.717, 1.165) is 12.8 Å². The molecule has 0 spiro atoms. The van der Waals surface area contributed by atoms with E-state index < -0.39 is 6.10 Å². The maximum absolute atomic E-state index is 11.5. The Bertz CT molecular complexity index is 262. The third-order valence-corrected chi connectivity index (χ3v) is 2.56. The first-order valence-corrected chi connectivity index (χ1v) is 7.48. The summed E-state index contributed by atoms with van der Waals surface area (Å²) in [5, 5.41) is 15.5. The number of amides is 1. The summed E-state index contributed by atoms with van der Waals surface area (Å²) in [5.74, 6) is 0.620. The number of hydrogen-bond donors (Lipinski definition) is 3. The number of ether oxygens (including phenoxy) is 1. The third kappa shape index (κ3) is 13.8. The van der Waals surface area contributed by atoms with Crippen molar-refractivity contribution in [3.8, 4) is 0 Å². The van der Waals surface area contributed by atoms with E-state index in [2.05, 4.69) is 24.5 Å². The normalized spacial score (nSPS) is 13.6. The molecule has 20 heavy (non-hydrogen) atoms. The van der Waals surface area contributed by atoms with Crippen molar-refractivity contribution in [3.05, 3.63) is 0 Å². The molecule has 0 bridgehead atoms. The predicted molar refractivity (Wildman–Crippen MR) is 81.7 cm³/mol. The number of carbonyl (C=O) groups excluding carboxylic acids is 1. The second kappa shape index (κ2) is 10.1. The van der Waals surface area contributed by atoms with Gasteiger partial charge in [0.1, 0.15) is 0 Å². The molecule has 0 aliphatic heterocycles. The molecule has 1 amide bonds. The van der Waals surface area contributed by atoms with E-state index in [1.165, 1.54) is 0 Å². The molecule has 0 radical (unpaired) electrons. The van der Waals surface area contributed by atoms with Gasteiger partial charge in [0.25, 0.3) is 0 Å². The summed E-state index contributed by atoms with van der Waals surface area (Å²) in [4.78, 5) is 11.5. The molecule has 0 aromatic heterocycles. The first-order chi connectivity index (χ1) is 9.20. The lowest BCUT2D eigenvalue weighted by Crippen LogP contribution is -2.46. The molecule has 3 N–H and O–H groups in total. The van der Waals surface area contributed by atoms with Gasteiger partial charge in [0, 0.05) is 18.7 Å². The van der Waals surface area contributed by atoms with Gasteiger partial charge in [-0.2, -0.15) is 0 Å². The van der Waals surface area contributed by atoms with E-state index in [-0.39, 0.29) is 18.0 Å². The summed E-state index contributed by atoms with van der Waals surface area (Å²) in [6, 6.07) is 0. The predicted octanol–water partition coefficient (Wildman–Crippen LogP) is 1.30. The molecule has 1 atom stereocenters. The lowest BCUT2D eigenvalue weighted by atomic mass is 10.1. The Kier molecular flexibility index (Phi) is 9.80. The van der Waals surface area contributed by atoms with Crippen LogP contribution in [0.3, 0.4) is 0 Å². The molecule has 0 aromatic rings. The van der Waals surface area contributed by atoms with Crippen molar-refractivity contribution in [1.29, 1.82) is 0 Å². The quantitative estimate of drug-likeness (QED) is 0.530. The van der Waals surface area contributed by atoms with Gasteiger partial charge in [-0.3, -0.25) is 4.79 Å². The minimum absolute atomic E-state index is 0.0671. The molecular formula is C15H32N2O3. The van der Waals surface area contributed by atoms with Crippen molar-refractivity contribution < 1.29 is 14.6 Å². The van der Waals surface area contributed by atoms with E-state index in [1.54, 1.807) is 0 Å². The average Bonchev–Trinajstić information content (AvgIpc) is 2.25. The van der Waals surface area contributed by atoms with Gasteiger partial charge in [0.2, 0.25) is 5.91 Å². The number of hydrogen-bond acceptors (Lipinski definition) is 4. The van der Waals surface area contributed by atoms with E-state index >= 15 is 0 Å². The zero-order chi connectivity index (χ0) is 15.6. The van der Waals surface area contributed by atoms with E-state index in [0.29, 0.717) is 25.7 Å². The third-order valence-electron chi connectivity index (χ3n) is 2.56. The van der Waals surface area contributed by atoms with Crippen LogP contribution in [0.25, 0.3) is 0 Å². The molecule has 0 saturated heterocycles. The van der Waals surface area contributed by atoms with Crippen molar-refractivity contribution in [2.75, 3.05) is 26.3 Å². The fourth-order valence-corrected chi connectivity index (χ4v) is 1.69. The maximum Gasteiger partial charge on any atom is 0.234 e. The van der Waals surface area contributed by atoms with Gasteiger partial charge >= 0.3 is 0 Å². The van der Waals surface area contributed by atoms with E-state index in [4.69, 9.17) is 4.74 Å². The second-order valence-electron chi connectivity index (χ2n) is 6.69. The van der Waals surface area contributed by atoms with Crippen LogP contribution in [0.1, 0.15) is 47.5 Å². The van der Waals surface area contributed by atoms with Crippen molar-refractivity contribution in [3.63, 3.8) is 0 Å². The molecule has 0 rings (SSSR count). The molecule has 1 unspecified atom stereocenters. The zero-order valence-electron chi connectivity index (χ0n) is 13.7. The fourth-order valence-electron chi connectivity index (χ4n) is 1.69. The Hall–Kier alpha value is -0.650. The molecule has 120 valence electrons. The summed E-state index contributed by atoms with van der Waals surface area (Å²) in [5.41, 5.74) is -0.225. The molecule has 0 saturated carbocycles. The summed E-state index contributed by atoms with van der Waals surface area (Å²) < 4.78 is 5.39. The fraction of sp³-hybridized carbons (Fsp3) is 0.933. The SMILES string of the molecule is CC(C)CCCOCC(O)CNCC(=O)NC(C)(C)C. The second-order valence-corrected chi connectivity index (χ2v) is 6.69. The Balaban J connectivity index is 3.49. The van der Waals surface area contributed by atoms with Crippen LogP contribution in [0.4, 0.5) is 0 Å². The molecule has 5 heteroatoms. The van der Waals surface area contributed by atoms with Crippen LogP contribution in [-0.4, -0.2) is 49.0 Å². The van der Waals surface area contributed by atoms with Gasteiger partial charge in [-0.1, -0.05) is 13.8 Å². The lowest BCUT2D eigenvalue weighted by molar-refractivity contribution is -0.121. The van der Waals surface area contributed by atoms with Gasteiger partial charge in [0.15, 0.2) is 0 Å². The number of aliphatic hydroxyl groups excluding tert-OH is 1. The van der Waals surface area contributed by atoms with Crippen molar-refractivity contribution in [2.24, 2.45) is 5.92 Å². The summed E-state index contributed by atoms with van der Waals surface area (Å²) in [6.07, 6.45) is 1.59. The van der Waals surface area contributed by atoms with Gasteiger partial charge < -0.3 is 20.5 Å². The average molecular weight is 288 g/mol. The summed E-state index contributed by atoms with van der Waals surface area (Å²) >= 11 is 0. The Morgan fingerprint density at radius 2 is 1.95 bits per heavy atom. The number of aliphatic hydroxyl groups is 1. The molecular weight excluding hydrogens is 256 g/mol. The highest BCUT2D eigenvalue weighted by atomic mass is 16.5. The highest BCUT2D eigenvalue weighted by Gasteiger charge is 2.13.